The second kappa shape index (κ2) is 11.3. The van der Waals surface area contributed by atoms with Crippen LogP contribution in [0.2, 0.25) is 10.0 Å². The van der Waals surface area contributed by atoms with Crippen LogP contribution in [0.4, 0.5) is 13.2 Å². The highest BCUT2D eigenvalue weighted by molar-refractivity contribution is 7.10. The van der Waals surface area contributed by atoms with Crippen molar-refractivity contribution in [3.63, 3.8) is 0 Å². The zero-order chi connectivity index (χ0) is 27.7. The number of benzene rings is 1. The number of thiazole rings is 1. The van der Waals surface area contributed by atoms with Crippen LogP contribution >= 0.6 is 34.5 Å². The summed E-state index contributed by atoms with van der Waals surface area (Å²) < 4.78 is 39.8. The first-order valence-corrected chi connectivity index (χ1v) is 13.9. The lowest BCUT2D eigenvalue weighted by Gasteiger charge is -2.31. The summed E-state index contributed by atoms with van der Waals surface area (Å²) in [5, 5.41) is 8.15. The Hall–Kier alpha value is -2.89. The molecule has 39 heavy (non-hydrogen) atoms. The van der Waals surface area contributed by atoms with Crippen LogP contribution in [-0.4, -0.2) is 39.2 Å². The van der Waals surface area contributed by atoms with Crippen LogP contribution in [-0.2, 0) is 22.4 Å². The van der Waals surface area contributed by atoms with Gasteiger partial charge in [0.15, 0.2) is 6.10 Å². The predicted molar refractivity (Wildman–Crippen MR) is 142 cm³/mol. The van der Waals surface area contributed by atoms with Gasteiger partial charge in [0.05, 0.1) is 16.3 Å². The minimum absolute atomic E-state index is 0.0519. The minimum Gasteiger partial charge on any atom is -0.387 e. The molecule has 1 unspecified atom stereocenters. The molecular weight excluding hydrogens is 576 g/mol. The number of piperidine rings is 1. The quantitative estimate of drug-likeness (QED) is 0.334. The molecule has 1 atom stereocenters. The maximum atomic E-state index is 13.0. The van der Waals surface area contributed by atoms with E-state index in [2.05, 4.69) is 5.16 Å². The number of aryl methyl sites for hydroxylation is 1. The van der Waals surface area contributed by atoms with Crippen LogP contribution in [0.1, 0.15) is 59.5 Å². The van der Waals surface area contributed by atoms with Crippen molar-refractivity contribution in [3.8, 4) is 0 Å². The minimum atomic E-state index is -4.56. The number of oxime groups is 1. The molecule has 1 fully saturated rings. The number of amides is 1. The fraction of sp³-hybridized carbons (Fsp3) is 0.385. The molecule has 7 nitrogen and oxygen atoms in total. The van der Waals surface area contributed by atoms with E-state index >= 15 is 0 Å². The van der Waals surface area contributed by atoms with E-state index in [1.165, 1.54) is 11.3 Å². The summed E-state index contributed by atoms with van der Waals surface area (Å²) in [7, 11) is 0. The Kier molecular flexibility index (Phi) is 8.02. The monoisotopic (exact) mass is 598 g/mol. The second-order valence-corrected chi connectivity index (χ2v) is 11.1. The van der Waals surface area contributed by atoms with Crippen molar-refractivity contribution in [1.82, 2.24) is 14.5 Å². The summed E-state index contributed by atoms with van der Waals surface area (Å²) in [6.07, 6.45) is -2.32. The molecule has 206 valence electrons. The molecule has 2 aliphatic heterocycles. The number of hydrogen-bond donors (Lipinski definition) is 0. The molecule has 0 bridgehead atoms. The molecule has 0 spiro atoms. The van der Waals surface area contributed by atoms with E-state index in [9.17, 15) is 22.8 Å². The normalized spacial score (nSPS) is 18.2. The van der Waals surface area contributed by atoms with Crippen LogP contribution in [0.25, 0.3) is 0 Å². The third kappa shape index (κ3) is 6.15. The van der Waals surface area contributed by atoms with Crippen molar-refractivity contribution in [1.29, 1.82) is 0 Å². The van der Waals surface area contributed by atoms with Crippen LogP contribution in [0, 0.1) is 0 Å². The smallest absolute Gasteiger partial charge is 0.387 e. The first-order chi connectivity index (χ1) is 18.6. The number of aromatic nitrogens is 2. The van der Waals surface area contributed by atoms with E-state index in [1.807, 2.05) is 5.38 Å². The van der Waals surface area contributed by atoms with Crippen LogP contribution in [0.3, 0.4) is 0 Å². The number of hydrogen-bond acceptors (Lipinski definition) is 6. The average Bonchev–Trinajstić information content (AvgIpc) is 3.58. The summed E-state index contributed by atoms with van der Waals surface area (Å²) in [5.74, 6) is -0.0186. The Morgan fingerprint density at radius 3 is 2.54 bits per heavy atom. The van der Waals surface area contributed by atoms with E-state index in [-0.39, 0.29) is 30.9 Å². The Morgan fingerprint density at radius 1 is 1.13 bits per heavy atom. The van der Waals surface area contributed by atoms with Crippen molar-refractivity contribution in [2.45, 2.75) is 50.4 Å². The van der Waals surface area contributed by atoms with Gasteiger partial charge in [0.2, 0.25) is 5.91 Å². The summed E-state index contributed by atoms with van der Waals surface area (Å²) in [5.41, 5.74) is 0.663. The highest BCUT2D eigenvalue weighted by Crippen LogP contribution is 2.39. The number of alkyl halides is 3. The third-order valence-electron chi connectivity index (χ3n) is 6.88. The first kappa shape index (κ1) is 27.7. The van der Waals surface area contributed by atoms with Gasteiger partial charge in [-0.2, -0.15) is 13.2 Å². The van der Waals surface area contributed by atoms with Gasteiger partial charge in [-0.25, -0.2) is 4.98 Å². The van der Waals surface area contributed by atoms with E-state index in [1.54, 1.807) is 23.1 Å². The Labute approximate surface area is 235 Å². The molecule has 5 rings (SSSR count). The van der Waals surface area contributed by atoms with Crippen molar-refractivity contribution in [3.05, 3.63) is 84.1 Å². The van der Waals surface area contributed by atoms with Gasteiger partial charge in [-0.15, -0.1) is 11.3 Å². The lowest BCUT2D eigenvalue weighted by atomic mass is 9.97. The summed E-state index contributed by atoms with van der Waals surface area (Å²) in [6, 6.07) is 6.90. The lowest BCUT2D eigenvalue weighted by molar-refractivity contribution is -0.138. The molecule has 1 aromatic carbocycles. The Balaban J connectivity index is 1.14. The van der Waals surface area contributed by atoms with Gasteiger partial charge in [0.1, 0.15) is 5.71 Å². The molecular formula is C26H23Cl2F3N4O3S. The molecule has 0 radical (unpaired) electrons. The summed E-state index contributed by atoms with van der Waals surface area (Å²) in [4.78, 5) is 36.7. The Morgan fingerprint density at radius 2 is 1.85 bits per heavy atom. The molecule has 1 saturated heterocycles. The number of rotatable bonds is 6. The molecule has 13 heteroatoms. The maximum Gasteiger partial charge on any atom is 0.417 e. The van der Waals surface area contributed by atoms with Crippen molar-refractivity contribution < 1.29 is 22.8 Å². The fourth-order valence-electron chi connectivity index (χ4n) is 4.73. The van der Waals surface area contributed by atoms with Crippen molar-refractivity contribution in [2.75, 3.05) is 13.1 Å². The summed E-state index contributed by atoms with van der Waals surface area (Å²) in [6.45, 7) is 0.905. The topological polar surface area (TPSA) is 76.8 Å². The molecule has 2 aliphatic rings. The van der Waals surface area contributed by atoms with Gasteiger partial charge in [-0.05, 0) is 31.0 Å². The molecule has 0 saturated carbocycles. The molecule has 0 aliphatic carbocycles. The predicted octanol–water partition coefficient (Wildman–Crippen LogP) is 6.29. The highest BCUT2D eigenvalue weighted by Gasteiger charge is 2.32. The number of halogens is 5. The van der Waals surface area contributed by atoms with Gasteiger partial charge in [0.25, 0.3) is 5.56 Å². The molecule has 1 amide bonds. The average molecular weight is 599 g/mol. The van der Waals surface area contributed by atoms with Gasteiger partial charge >= 0.3 is 6.18 Å². The van der Waals surface area contributed by atoms with E-state index < -0.39 is 17.3 Å². The zero-order valence-electron chi connectivity index (χ0n) is 20.5. The molecule has 0 N–H and O–H groups in total. The largest absolute Gasteiger partial charge is 0.417 e. The first-order valence-electron chi connectivity index (χ1n) is 12.3. The number of pyridine rings is 1. The number of nitrogens with zero attached hydrogens (tertiary/aromatic N) is 4. The highest BCUT2D eigenvalue weighted by atomic mass is 35.5. The van der Waals surface area contributed by atoms with Gasteiger partial charge in [-0.1, -0.05) is 34.4 Å². The number of carbonyl (C=O) groups excluding carboxylic acids is 1. The zero-order valence-corrected chi connectivity index (χ0v) is 22.8. The van der Waals surface area contributed by atoms with Crippen LogP contribution in [0.15, 0.2) is 51.9 Å². The maximum absolute atomic E-state index is 13.0. The van der Waals surface area contributed by atoms with Crippen LogP contribution < -0.4 is 5.56 Å². The van der Waals surface area contributed by atoms with Gasteiger partial charge in [-0.3, -0.25) is 9.59 Å². The molecule has 4 heterocycles. The SMILES string of the molecule is O=C(CCn1cc(C(F)(F)F)ccc1=O)N1CCC(c2nc(C3=NOC(c4c(Cl)cccc4Cl)C3)cs2)CC1. The summed E-state index contributed by atoms with van der Waals surface area (Å²) >= 11 is 14.2. The van der Waals surface area contributed by atoms with E-state index in [0.717, 1.165) is 39.3 Å². The fourth-order valence-corrected chi connectivity index (χ4v) is 6.37. The third-order valence-corrected chi connectivity index (χ3v) is 8.55. The Bertz CT molecular complexity index is 1440. The number of likely N-dealkylation sites (tertiary alicyclic amines) is 1. The van der Waals surface area contributed by atoms with Gasteiger partial charge < -0.3 is 14.3 Å². The standard InChI is InChI=1S/C26H23Cl2F3N4O3S/c27-17-2-1-3-18(28)24(17)21-12-19(33-38-21)20-14-39-25(32-20)15-6-9-34(10-7-15)23(37)8-11-35-13-16(26(29,30)31)4-5-22(35)36/h1-5,13-15,21H,6-12H2. The van der Waals surface area contributed by atoms with Crippen molar-refractivity contribution >= 4 is 46.2 Å². The molecule has 3 aromatic rings. The van der Waals surface area contributed by atoms with Crippen molar-refractivity contribution in [2.24, 2.45) is 5.16 Å². The number of carbonyl (C=O) groups is 1. The second-order valence-electron chi connectivity index (χ2n) is 9.39. The molecule has 2 aromatic heterocycles. The van der Waals surface area contributed by atoms with Crippen LogP contribution in [0.5, 0.6) is 0 Å². The van der Waals surface area contributed by atoms with E-state index in [4.69, 9.17) is 33.0 Å². The van der Waals surface area contributed by atoms with Gasteiger partial charge in [0, 0.05) is 71.6 Å². The lowest BCUT2D eigenvalue weighted by Crippen LogP contribution is -2.38. The van der Waals surface area contributed by atoms with E-state index in [0.29, 0.717) is 48.0 Å².